The highest BCUT2D eigenvalue weighted by Gasteiger charge is 2.42. The van der Waals surface area contributed by atoms with Crippen LogP contribution in [0.25, 0.3) is 0 Å². The molecule has 0 bridgehead atoms. The average molecular weight is 235 g/mol. The van der Waals surface area contributed by atoms with Crippen LogP contribution in [0.5, 0.6) is 0 Å². The van der Waals surface area contributed by atoms with Crippen LogP contribution in [-0.4, -0.2) is 11.5 Å². The molecule has 0 saturated carbocycles. The lowest BCUT2D eigenvalue weighted by Crippen LogP contribution is -2.32. The Hall–Kier alpha value is -1.46. The fourth-order valence-electron chi connectivity index (χ4n) is 2.55. The van der Waals surface area contributed by atoms with Gasteiger partial charge in [-0.25, -0.2) is 0 Å². The fourth-order valence-corrected chi connectivity index (χ4v) is 2.55. The van der Waals surface area contributed by atoms with E-state index in [4.69, 9.17) is 9.47 Å². The second kappa shape index (κ2) is 3.78. The van der Waals surface area contributed by atoms with Crippen LogP contribution in [0.15, 0.2) is 18.2 Å². The monoisotopic (exact) mass is 235 g/mol. The van der Waals surface area contributed by atoms with Crippen molar-refractivity contribution in [1.29, 1.82) is 0 Å². The lowest BCUT2D eigenvalue weighted by molar-refractivity contribution is -0.384. The highest BCUT2D eigenvalue weighted by Crippen LogP contribution is 2.44. The van der Waals surface area contributed by atoms with Gasteiger partial charge in [0.25, 0.3) is 5.69 Å². The molecule has 2 aliphatic rings. The van der Waals surface area contributed by atoms with Gasteiger partial charge in [0, 0.05) is 24.1 Å². The highest BCUT2D eigenvalue weighted by atomic mass is 16.7. The van der Waals surface area contributed by atoms with Crippen LogP contribution in [0.3, 0.4) is 0 Å². The van der Waals surface area contributed by atoms with Crippen LogP contribution in [0.4, 0.5) is 5.69 Å². The Kier molecular flexibility index (Phi) is 2.38. The molecule has 2 heterocycles. The molecule has 0 amide bonds. The molecular weight excluding hydrogens is 222 g/mol. The molecule has 17 heavy (non-hydrogen) atoms. The van der Waals surface area contributed by atoms with Crippen LogP contribution < -0.4 is 0 Å². The van der Waals surface area contributed by atoms with E-state index in [1.807, 2.05) is 0 Å². The van der Waals surface area contributed by atoms with Gasteiger partial charge >= 0.3 is 0 Å². The number of hydrogen-bond donors (Lipinski definition) is 0. The summed E-state index contributed by atoms with van der Waals surface area (Å²) >= 11 is 0. The molecule has 5 nitrogen and oxygen atoms in total. The average Bonchev–Trinajstić information content (AvgIpc) is 2.69. The Bertz CT molecular complexity index is 466. The molecule has 1 fully saturated rings. The number of non-ortho nitro benzene ring substituents is 1. The van der Waals surface area contributed by atoms with Gasteiger partial charge in [0.15, 0.2) is 5.79 Å². The van der Waals surface area contributed by atoms with Gasteiger partial charge in [0.1, 0.15) is 0 Å². The van der Waals surface area contributed by atoms with Crippen LogP contribution in [0.2, 0.25) is 0 Å². The van der Waals surface area contributed by atoms with Gasteiger partial charge in [-0.15, -0.1) is 0 Å². The molecule has 0 radical (unpaired) electrons. The summed E-state index contributed by atoms with van der Waals surface area (Å²) in [6, 6.07) is 4.88. The molecule has 1 spiro atoms. The topological polar surface area (TPSA) is 61.6 Å². The van der Waals surface area contributed by atoms with Gasteiger partial charge in [0.2, 0.25) is 0 Å². The lowest BCUT2D eigenvalue weighted by atomic mass is 9.95. The standard InChI is InChI=1S/C12H13NO4/c14-13(15)10-3-4-11-9(7-10)8-17-12(11)5-1-2-6-16-12/h3-4,7H,1-2,5-6,8H2. The third-order valence-corrected chi connectivity index (χ3v) is 3.41. The van der Waals surface area contributed by atoms with Crippen molar-refractivity contribution in [3.8, 4) is 0 Å². The van der Waals surface area contributed by atoms with Crippen molar-refractivity contribution in [3.05, 3.63) is 39.4 Å². The zero-order valence-electron chi connectivity index (χ0n) is 9.35. The van der Waals surface area contributed by atoms with E-state index in [-0.39, 0.29) is 10.6 Å². The van der Waals surface area contributed by atoms with Crippen molar-refractivity contribution in [2.24, 2.45) is 0 Å². The van der Waals surface area contributed by atoms with E-state index in [1.54, 1.807) is 12.1 Å². The first-order chi connectivity index (χ1) is 8.21. The third-order valence-electron chi connectivity index (χ3n) is 3.41. The van der Waals surface area contributed by atoms with Gasteiger partial charge in [-0.3, -0.25) is 10.1 Å². The second-order valence-corrected chi connectivity index (χ2v) is 4.45. The summed E-state index contributed by atoms with van der Waals surface area (Å²) in [7, 11) is 0. The predicted molar refractivity (Wildman–Crippen MR) is 59.4 cm³/mol. The van der Waals surface area contributed by atoms with E-state index < -0.39 is 5.79 Å². The minimum absolute atomic E-state index is 0.111. The molecule has 3 rings (SSSR count). The van der Waals surface area contributed by atoms with Gasteiger partial charge in [-0.1, -0.05) is 0 Å². The van der Waals surface area contributed by atoms with Crippen LogP contribution in [0, 0.1) is 10.1 Å². The number of fused-ring (bicyclic) bond motifs is 2. The summed E-state index contributed by atoms with van der Waals surface area (Å²) in [5.41, 5.74) is 1.95. The van der Waals surface area contributed by atoms with E-state index in [0.717, 1.165) is 30.4 Å². The summed E-state index contributed by atoms with van der Waals surface area (Å²) < 4.78 is 11.5. The number of ether oxygens (including phenoxy) is 2. The van der Waals surface area contributed by atoms with Crippen molar-refractivity contribution in [2.75, 3.05) is 6.61 Å². The van der Waals surface area contributed by atoms with Gasteiger partial charge in [0.05, 0.1) is 18.1 Å². The maximum atomic E-state index is 10.7. The molecule has 2 aliphatic heterocycles. The molecule has 5 heteroatoms. The third kappa shape index (κ3) is 1.62. The summed E-state index contributed by atoms with van der Waals surface area (Å²) in [6.07, 6.45) is 2.95. The normalized spacial score (nSPS) is 27.1. The first-order valence-corrected chi connectivity index (χ1v) is 5.77. The van der Waals surface area contributed by atoms with Gasteiger partial charge in [-0.05, 0) is 24.5 Å². The van der Waals surface area contributed by atoms with E-state index in [9.17, 15) is 10.1 Å². The van der Waals surface area contributed by atoms with E-state index >= 15 is 0 Å². The predicted octanol–water partition coefficient (Wildman–Crippen LogP) is 2.48. The summed E-state index contributed by atoms with van der Waals surface area (Å²) in [4.78, 5) is 10.3. The minimum atomic E-state index is -0.636. The highest BCUT2D eigenvalue weighted by molar-refractivity contribution is 5.43. The molecular formula is C12H13NO4. The molecule has 90 valence electrons. The number of hydrogen-bond acceptors (Lipinski definition) is 4. The van der Waals surface area contributed by atoms with Gasteiger partial charge in [-0.2, -0.15) is 0 Å². The quantitative estimate of drug-likeness (QED) is 0.554. The largest absolute Gasteiger partial charge is 0.346 e. The molecule has 1 unspecified atom stereocenters. The number of benzene rings is 1. The Morgan fingerprint density at radius 3 is 2.88 bits per heavy atom. The Balaban J connectivity index is 2.00. The van der Waals surface area contributed by atoms with E-state index in [2.05, 4.69) is 0 Å². The lowest BCUT2D eigenvalue weighted by Gasteiger charge is -2.33. The maximum absolute atomic E-state index is 10.7. The molecule has 1 aromatic carbocycles. The van der Waals surface area contributed by atoms with E-state index in [0.29, 0.717) is 13.2 Å². The number of nitrogens with zero attached hydrogens (tertiary/aromatic N) is 1. The van der Waals surface area contributed by atoms with Crippen LogP contribution in [-0.2, 0) is 21.9 Å². The van der Waals surface area contributed by atoms with Crippen LogP contribution in [0.1, 0.15) is 30.4 Å². The molecule has 0 aliphatic carbocycles. The Morgan fingerprint density at radius 2 is 2.18 bits per heavy atom. The minimum Gasteiger partial charge on any atom is -0.346 e. The number of nitro benzene ring substituents is 1. The Morgan fingerprint density at radius 1 is 1.29 bits per heavy atom. The van der Waals surface area contributed by atoms with Crippen molar-refractivity contribution in [1.82, 2.24) is 0 Å². The van der Waals surface area contributed by atoms with Crippen molar-refractivity contribution >= 4 is 5.69 Å². The molecule has 0 N–H and O–H groups in total. The van der Waals surface area contributed by atoms with Crippen molar-refractivity contribution in [3.63, 3.8) is 0 Å². The van der Waals surface area contributed by atoms with Gasteiger partial charge < -0.3 is 9.47 Å². The summed E-state index contributed by atoms with van der Waals surface area (Å²) in [5, 5.41) is 10.7. The first kappa shape index (κ1) is 10.7. The number of rotatable bonds is 1. The molecule has 0 aromatic heterocycles. The van der Waals surface area contributed by atoms with E-state index in [1.165, 1.54) is 6.07 Å². The zero-order chi connectivity index (χ0) is 11.9. The smallest absolute Gasteiger partial charge is 0.269 e. The summed E-state index contributed by atoms with van der Waals surface area (Å²) in [6.45, 7) is 1.09. The zero-order valence-corrected chi connectivity index (χ0v) is 9.35. The number of nitro groups is 1. The SMILES string of the molecule is O=[N+]([O-])c1ccc2c(c1)COC21CCCCO1. The Labute approximate surface area is 98.5 Å². The van der Waals surface area contributed by atoms with Crippen LogP contribution >= 0.6 is 0 Å². The first-order valence-electron chi connectivity index (χ1n) is 5.77. The molecule has 1 aromatic rings. The maximum Gasteiger partial charge on any atom is 0.269 e. The second-order valence-electron chi connectivity index (χ2n) is 4.45. The molecule has 1 atom stereocenters. The fraction of sp³-hybridized carbons (Fsp3) is 0.500. The molecule has 1 saturated heterocycles. The summed E-state index contributed by atoms with van der Waals surface area (Å²) in [5.74, 6) is -0.636. The van der Waals surface area contributed by atoms with Crippen molar-refractivity contribution in [2.45, 2.75) is 31.7 Å². The van der Waals surface area contributed by atoms with Crippen molar-refractivity contribution < 1.29 is 14.4 Å².